The number of carbonyl (C=O) groups is 1. The van der Waals surface area contributed by atoms with Crippen molar-refractivity contribution in [1.29, 1.82) is 0 Å². The van der Waals surface area contributed by atoms with Gasteiger partial charge >= 0.3 is 6.29 Å². The molecule has 1 N–H and O–H groups in total. The van der Waals surface area contributed by atoms with Crippen LogP contribution in [0.15, 0.2) is 18.2 Å². The quantitative estimate of drug-likeness (QED) is 0.922. The number of thioether (sulfide) groups is 1. The maximum Gasteiger partial charge on any atom is 0.586 e. The van der Waals surface area contributed by atoms with Gasteiger partial charge in [-0.15, -0.1) is 20.5 Å². The summed E-state index contributed by atoms with van der Waals surface area (Å²) in [6.45, 7) is 0. The zero-order valence-corrected chi connectivity index (χ0v) is 12.1. The average Bonchev–Trinajstić information content (AvgIpc) is 3.01. The van der Waals surface area contributed by atoms with E-state index < -0.39 is 6.29 Å². The second-order valence-electron chi connectivity index (χ2n) is 5.09. The number of carbonyl (C=O) groups excluding carboxylic acids is 1. The molecule has 0 atom stereocenters. The third-order valence-electron chi connectivity index (χ3n) is 3.44. The van der Waals surface area contributed by atoms with Gasteiger partial charge in [-0.2, -0.15) is 0 Å². The minimum absolute atomic E-state index is 0.0293. The van der Waals surface area contributed by atoms with Crippen LogP contribution in [-0.4, -0.2) is 23.2 Å². The second-order valence-corrected chi connectivity index (χ2v) is 6.38. The molecule has 114 valence electrons. The lowest BCUT2D eigenvalue weighted by atomic mass is 10.3. The number of halogens is 2. The number of rotatable bonds is 4. The molecule has 0 saturated heterocycles. The van der Waals surface area contributed by atoms with Crippen LogP contribution in [-0.2, 0) is 4.79 Å². The van der Waals surface area contributed by atoms with Crippen LogP contribution >= 0.6 is 11.8 Å². The molecule has 1 saturated carbocycles. The minimum atomic E-state index is -3.64. The number of hydrogen-bond donors (Lipinski definition) is 1. The number of nitrogens with one attached hydrogen (secondary N) is 1. The molecule has 1 aliphatic carbocycles. The Hall–Kier alpha value is -1.50. The van der Waals surface area contributed by atoms with E-state index >= 15 is 0 Å². The van der Waals surface area contributed by atoms with Gasteiger partial charge < -0.3 is 14.8 Å². The number of benzene rings is 1. The number of amides is 1. The molecule has 1 fully saturated rings. The van der Waals surface area contributed by atoms with Crippen molar-refractivity contribution in [3.05, 3.63) is 18.2 Å². The van der Waals surface area contributed by atoms with Gasteiger partial charge in [-0.1, -0.05) is 12.8 Å². The van der Waals surface area contributed by atoms with E-state index in [1.54, 1.807) is 11.8 Å². The first-order chi connectivity index (χ1) is 10.0. The third-order valence-corrected chi connectivity index (χ3v) is 4.81. The summed E-state index contributed by atoms with van der Waals surface area (Å²) < 4.78 is 34.4. The lowest BCUT2D eigenvalue weighted by Crippen LogP contribution is -2.25. The molecule has 0 bridgehead atoms. The highest BCUT2D eigenvalue weighted by molar-refractivity contribution is 8.00. The van der Waals surface area contributed by atoms with Gasteiger partial charge in [0.2, 0.25) is 5.91 Å². The molecule has 4 nitrogen and oxygen atoms in total. The first-order valence-electron chi connectivity index (χ1n) is 6.83. The van der Waals surface area contributed by atoms with Crippen LogP contribution in [0, 0.1) is 0 Å². The standard InChI is InChI=1S/C14H15F2NO3S/c15-14(16)19-11-6-5-9(7-12(11)20-14)17-13(18)8-21-10-3-1-2-4-10/h5-7,10H,1-4,8H2,(H,17,18). The lowest BCUT2D eigenvalue weighted by molar-refractivity contribution is -0.286. The third kappa shape index (κ3) is 3.58. The highest BCUT2D eigenvalue weighted by atomic mass is 32.2. The fourth-order valence-electron chi connectivity index (χ4n) is 2.47. The molecule has 1 aromatic rings. The summed E-state index contributed by atoms with van der Waals surface area (Å²) in [6.07, 6.45) is 1.16. The van der Waals surface area contributed by atoms with Gasteiger partial charge in [-0.25, -0.2) is 0 Å². The molecule has 1 aromatic carbocycles. The van der Waals surface area contributed by atoms with Crippen molar-refractivity contribution in [1.82, 2.24) is 0 Å². The molecule has 21 heavy (non-hydrogen) atoms. The number of fused-ring (bicyclic) bond motifs is 1. The fraction of sp³-hybridized carbons (Fsp3) is 0.500. The Labute approximate surface area is 125 Å². The zero-order chi connectivity index (χ0) is 14.9. The Balaban J connectivity index is 1.54. The summed E-state index contributed by atoms with van der Waals surface area (Å²) in [5, 5.41) is 3.24. The summed E-state index contributed by atoms with van der Waals surface area (Å²) >= 11 is 1.65. The number of hydrogen-bond acceptors (Lipinski definition) is 4. The van der Waals surface area contributed by atoms with Gasteiger partial charge in [0, 0.05) is 17.0 Å². The molecule has 1 amide bonds. The zero-order valence-electron chi connectivity index (χ0n) is 11.2. The van der Waals surface area contributed by atoms with Crippen LogP contribution in [0.2, 0.25) is 0 Å². The first-order valence-corrected chi connectivity index (χ1v) is 7.88. The van der Waals surface area contributed by atoms with Crippen LogP contribution in [0.1, 0.15) is 25.7 Å². The van der Waals surface area contributed by atoms with E-state index in [0.717, 1.165) is 12.8 Å². The van der Waals surface area contributed by atoms with E-state index in [1.165, 1.54) is 31.0 Å². The molecular formula is C14H15F2NO3S. The highest BCUT2D eigenvalue weighted by Crippen LogP contribution is 2.42. The Bertz CT molecular complexity index is 547. The van der Waals surface area contributed by atoms with Crippen molar-refractivity contribution in [2.75, 3.05) is 11.1 Å². The maximum absolute atomic E-state index is 12.9. The summed E-state index contributed by atoms with van der Waals surface area (Å²) in [6, 6.07) is 4.21. The van der Waals surface area contributed by atoms with Gasteiger partial charge in [0.15, 0.2) is 11.5 Å². The Kier molecular flexibility index (Phi) is 3.93. The van der Waals surface area contributed by atoms with E-state index in [2.05, 4.69) is 14.8 Å². The van der Waals surface area contributed by atoms with Crippen molar-refractivity contribution >= 4 is 23.4 Å². The molecule has 1 heterocycles. The van der Waals surface area contributed by atoms with E-state index in [1.807, 2.05) is 0 Å². The van der Waals surface area contributed by atoms with Crippen molar-refractivity contribution in [3.63, 3.8) is 0 Å². The van der Waals surface area contributed by atoms with E-state index in [-0.39, 0.29) is 17.4 Å². The summed E-state index contributed by atoms with van der Waals surface area (Å²) in [5.41, 5.74) is 0.423. The van der Waals surface area contributed by atoms with E-state index in [0.29, 0.717) is 16.7 Å². The van der Waals surface area contributed by atoms with Crippen LogP contribution in [0.25, 0.3) is 0 Å². The monoisotopic (exact) mass is 315 g/mol. The van der Waals surface area contributed by atoms with Crippen molar-refractivity contribution in [2.24, 2.45) is 0 Å². The number of ether oxygens (including phenoxy) is 2. The first kappa shape index (κ1) is 14.4. The van der Waals surface area contributed by atoms with Gasteiger partial charge in [0.05, 0.1) is 5.75 Å². The molecule has 7 heteroatoms. The van der Waals surface area contributed by atoms with E-state index in [9.17, 15) is 13.6 Å². The lowest BCUT2D eigenvalue weighted by Gasteiger charge is -2.09. The molecule has 0 unspecified atom stereocenters. The Morgan fingerprint density at radius 2 is 2.00 bits per heavy atom. The summed E-state index contributed by atoms with van der Waals surface area (Å²) in [5.74, 6) is 0.132. The van der Waals surface area contributed by atoms with E-state index in [4.69, 9.17) is 0 Å². The molecular weight excluding hydrogens is 300 g/mol. The number of alkyl halides is 2. The minimum Gasteiger partial charge on any atom is -0.395 e. The highest BCUT2D eigenvalue weighted by Gasteiger charge is 2.43. The molecule has 1 aliphatic heterocycles. The molecule has 3 rings (SSSR count). The van der Waals surface area contributed by atoms with Gasteiger partial charge in [-0.3, -0.25) is 4.79 Å². The molecule has 0 spiro atoms. The Morgan fingerprint density at radius 1 is 1.29 bits per heavy atom. The van der Waals surface area contributed by atoms with Crippen LogP contribution in [0.3, 0.4) is 0 Å². The van der Waals surface area contributed by atoms with Gasteiger partial charge in [-0.05, 0) is 25.0 Å². The summed E-state index contributed by atoms with van der Waals surface area (Å²) in [4.78, 5) is 11.8. The molecule has 0 radical (unpaired) electrons. The summed E-state index contributed by atoms with van der Waals surface area (Å²) in [7, 11) is 0. The second kappa shape index (κ2) is 5.71. The van der Waals surface area contributed by atoms with Crippen molar-refractivity contribution in [3.8, 4) is 11.5 Å². The predicted octanol–water partition coefficient (Wildman–Crippen LogP) is 3.62. The topological polar surface area (TPSA) is 47.6 Å². The smallest absolute Gasteiger partial charge is 0.395 e. The van der Waals surface area contributed by atoms with Gasteiger partial charge in [0.1, 0.15) is 0 Å². The normalized spacial score (nSPS) is 19.7. The SMILES string of the molecule is O=C(CSC1CCCC1)Nc1ccc2c(c1)OC(F)(F)O2. The molecule has 0 aromatic heterocycles. The maximum atomic E-state index is 12.9. The van der Waals surface area contributed by atoms with Crippen molar-refractivity contribution < 1.29 is 23.0 Å². The molecule has 2 aliphatic rings. The van der Waals surface area contributed by atoms with Gasteiger partial charge in [0.25, 0.3) is 0 Å². The predicted molar refractivity (Wildman–Crippen MR) is 76.0 cm³/mol. The van der Waals surface area contributed by atoms with Crippen LogP contribution in [0.5, 0.6) is 11.5 Å². The van der Waals surface area contributed by atoms with Crippen molar-refractivity contribution in [2.45, 2.75) is 37.2 Å². The number of anilines is 1. The average molecular weight is 315 g/mol. The Morgan fingerprint density at radius 3 is 2.76 bits per heavy atom. The fourth-order valence-corrected chi connectivity index (χ4v) is 3.60. The van der Waals surface area contributed by atoms with Crippen LogP contribution < -0.4 is 14.8 Å². The van der Waals surface area contributed by atoms with Crippen LogP contribution in [0.4, 0.5) is 14.5 Å². The largest absolute Gasteiger partial charge is 0.586 e.